The van der Waals surface area contributed by atoms with Crippen LogP contribution in [-0.4, -0.2) is 13.1 Å². The number of methoxy groups -OCH3 is 1. The van der Waals surface area contributed by atoms with E-state index in [0.717, 1.165) is 11.1 Å². The zero-order chi connectivity index (χ0) is 14.4. The molecule has 104 valence electrons. The molecular formula is C17H19NO2. The third-order valence-electron chi connectivity index (χ3n) is 3.29. The Labute approximate surface area is 119 Å². The molecule has 0 spiro atoms. The van der Waals surface area contributed by atoms with Gasteiger partial charge < -0.3 is 4.74 Å². The second-order valence-electron chi connectivity index (χ2n) is 4.67. The van der Waals surface area contributed by atoms with Gasteiger partial charge in [0.1, 0.15) is 6.04 Å². The quantitative estimate of drug-likeness (QED) is 0.847. The number of benzene rings is 2. The van der Waals surface area contributed by atoms with Crippen LogP contribution in [0.1, 0.15) is 30.1 Å². The highest BCUT2D eigenvalue weighted by molar-refractivity contribution is 5.77. The first kappa shape index (κ1) is 14.3. The molecule has 2 aromatic rings. The van der Waals surface area contributed by atoms with E-state index >= 15 is 0 Å². The summed E-state index contributed by atoms with van der Waals surface area (Å²) in [4.78, 5) is 12.0. The molecule has 0 aliphatic carbocycles. The lowest BCUT2D eigenvalue weighted by Gasteiger charge is -2.22. The smallest absolute Gasteiger partial charge is 0.327 e. The molecule has 2 atom stereocenters. The van der Waals surface area contributed by atoms with Gasteiger partial charge in [-0.1, -0.05) is 60.7 Å². The maximum absolute atomic E-state index is 12.0. The largest absolute Gasteiger partial charge is 0.468 e. The van der Waals surface area contributed by atoms with E-state index in [2.05, 4.69) is 5.32 Å². The number of hydrogen-bond acceptors (Lipinski definition) is 3. The summed E-state index contributed by atoms with van der Waals surface area (Å²) in [6.45, 7) is 2.04. The molecule has 0 unspecified atom stereocenters. The van der Waals surface area contributed by atoms with Crippen LogP contribution in [0.5, 0.6) is 0 Å². The summed E-state index contributed by atoms with van der Waals surface area (Å²) in [6.07, 6.45) is 0. The number of rotatable bonds is 5. The second-order valence-corrected chi connectivity index (χ2v) is 4.67. The maximum atomic E-state index is 12.0. The number of esters is 1. The van der Waals surface area contributed by atoms with Gasteiger partial charge >= 0.3 is 5.97 Å². The topological polar surface area (TPSA) is 38.3 Å². The fraction of sp³-hybridized carbons (Fsp3) is 0.235. The van der Waals surface area contributed by atoms with Crippen molar-refractivity contribution in [3.05, 3.63) is 71.8 Å². The lowest BCUT2D eigenvalue weighted by atomic mass is 10.0. The normalized spacial score (nSPS) is 13.5. The lowest BCUT2D eigenvalue weighted by Crippen LogP contribution is -2.31. The predicted molar refractivity (Wildman–Crippen MR) is 79.2 cm³/mol. The molecule has 3 heteroatoms. The first-order chi connectivity index (χ1) is 9.72. The van der Waals surface area contributed by atoms with Gasteiger partial charge in [0.05, 0.1) is 7.11 Å². The number of carbonyl (C=O) groups excluding carboxylic acids is 1. The van der Waals surface area contributed by atoms with Gasteiger partial charge in [-0.25, -0.2) is 4.79 Å². The number of hydrogen-bond donors (Lipinski definition) is 1. The van der Waals surface area contributed by atoms with Crippen LogP contribution in [0.15, 0.2) is 60.7 Å². The van der Waals surface area contributed by atoms with Crippen molar-refractivity contribution in [1.82, 2.24) is 5.32 Å². The monoisotopic (exact) mass is 269 g/mol. The number of carbonyl (C=O) groups is 1. The van der Waals surface area contributed by atoms with Gasteiger partial charge in [-0.2, -0.15) is 0 Å². The van der Waals surface area contributed by atoms with E-state index in [1.807, 2.05) is 67.6 Å². The van der Waals surface area contributed by atoms with Gasteiger partial charge in [0.2, 0.25) is 0 Å². The zero-order valence-electron chi connectivity index (χ0n) is 11.7. The Morgan fingerprint density at radius 2 is 1.45 bits per heavy atom. The molecule has 0 radical (unpaired) electrons. The van der Waals surface area contributed by atoms with Crippen molar-refractivity contribution < 1.29 is 9.53 Å². The van der Waals surface area contributed by atoms with Crippen molar-refractivity contribution >= 4 is 5.97 Å². The van der Waals surface area contributed by atoms with E-state index in [-0.39, 0.29) is 12.0 Å². The number of ether oxygens (including phenoxy) is 1. The summed E-state index contributed by atoms with van der Waals surface area (Å²) in [5.74, 6) is -0.279. The molecule has 0 saturated carbocycles. The standard InChI is InChI=1S/C17H19NO2/c1-13(14-9-5-3-6-10-14)18-16(17(19)20-2)15-11-7-4-8-12-15/h3-13,16,18H,1-2H3/t13-,16-/m1/s1. The van der Waals surface area contributed by atoms with Crippen molar-refractivity contribution in [2.75, 3.05) is 7.11 Å². The van der Waals surface area contributed by atoms with E-state index in [4.69, 9.17) is 4.74 Å². The number of nitrogens with one attached hydrogen (secondary N) is 1. The average Bonchev–Trinajstić information content (AvgIpc) is 2.53. The van der Waals surface area contributed by atoms with Crippen LogP contribution in [0.4, 0.5) is 0 Å². The Kier molecular flexibility index (Phi) is 4.91. The van der Waals surface area contributed by atoms with Crippen LogP contribution in [-0.2, 0) is 9.53 Å². The third-order valence-corrected chi connectivity index (χ3v) is 3.29. The Morgan fingerprint density at radius 3 is 1.95 bits per heavy atom. The van der Waals surface area contributed by atoms with Crippen LogP contribution in [0.3, 0.4) is 0 Å². The molecule has 0 amide bonds. The minimum Gasteiger partial charge on any atom is -0.468 e. The Bertz CT molecular complexity index is 539. The van der Waals surface area contributed by atoms with Crippen LogP contribution >= 0.6 is 0 Å². The Morgan fingerprint density at radius 1 is 0.950 bits per heavy atom. The summed E-state index contributed by atoms with van der Waals surface area (Å²) in [6, 6.07) is 19.2. The molecular weight excluding hydrogens is 250 g/mol. The van der Waals surface area contributed by atoms with E-state index in [9.17, 15) is 4.79 Å². The van der Waals surface area contributed by atoms with Crippen LogP contribution in [0, 0.1) is 0 Å². The Hall–Kier alpha value is -2.13. The summed E-state index contributed by atoms with van der Waals surface area (Å²) in [5.41, 5.74) is 2.04. The van der Waals surface area contributed by atoms with E-state index < -0.39 is 6.04 Å². The van der Waals surface area contributed by atoms with E-state index in [0.29, 0.717) is 0 Å². The van der Waals surface area contributed by atoms with E-state index in [1.165, 1.54) is 7.11 Å². The molecule has 1 N–H and O–H groups in total. The van der Waals surface area contributed by atoms with Crippen LogP contribution in [0.25, 0.3) is 0 Å². The minimum absolute atomic E-state index is 0.0560. The van der Waals surface area contributed by atoms with Crippen LogP contribution in [0.2, 0.25) is 0 Å². The minimum atomic E-state index is -0.462. The molecule has 20 heavy (non-hydrogen) atoms. The van der Waals surface area contributed by atoms with Crippen molar-refractivity contribution in [3.63, 3.8) is 0 Å². The van der Waals surface area contributed by atoms with Gasteiger partial charge in [-0.05, 0) is 18.1 Å². The average molecular weight is 269 g/mol. The van der Waals surface area contributed by atoms with Crippen molar-refractivity contribution in [3.8, 4) is 0 Å². The second kappa shape index (κ2) is 6.87. The Balaban J connectivity index is 2.19. The molecule has 0 fully saturated rings. The summed E-state index contributed by atoms with van der Waals surface area (Å²) < 4.78 is 4.90. The van der Waals surface area contributed by atoms with Gasteiger partial charge in [-0.3, -0.25) is 5.32 Å². The first-order valence-corrected chi connectivity index (χ1v) is 6.66. The van der Waals surface area contributed by atoms with Gasteiger partial charge in [0, 0.05) is 6.04 Å². The van der Waals surface area contributed by atoms with Crippen molar-refractivity contribution in [1.29, 1.82) is 0 Å². The summed E-state index contributed by atoms with van der Waals surface area (Å²) >= 11 is 0. The van der Waals surface area contributed by atoms with Crippen LogP contribution < -0.4 is 5.32 Å². The molecule has 2 rings (SSSR count). The maximum Gasteiger partial charge on any atom is 0.327 e. The molecule has 0 aliphatic rings. The molecule has 0 aromatic heterocycles. The molecule has 0 heterocycles. The molecule has 0 bridgehead atoms. The van der Waals surface area contributed by atoms with Gasteiger partial charge in [0.15, 0.2) is 0 Å². The highest BCUT2D eigenvalue weighted by Gasteiger charge is 2.23. The molecule has 2 aromatic carbocycles. The predicted octanol–water partition coefficient (Wildman–Crippen LogP) is 3.25. The van der Waals surface area contributed by atoms with Crippen molar-refractivity contribution in [2.24, 2.45) is 0 Å². The molecule has 0 saturated heterocycles. The molecule has 0 aliphatic heterocycles. The van der Waals surface area contributed by atoms with Crippen molar-refractivity contribution in [2.45, 2.75) is 19.0 Å². The fourth-order valence-corrected chi connectivity index (χ4v) is 2.15. The summed E-state index contributed by atoms with van der Waals surface area (Å²) in [7, 11) is 1.41. The zero-order valence-corrected chi connectivity index (χ0v) is 11.7. The molecule has 3 nitrogen and oxygen atoms in total. The first-order valence-electron chi connectivity index (χ1n) is 6.66. The van der Waals surface area contributed by atoms with E-state index in [1.54, 1.807) is 0 Å². The SMILES string of the molecule is COC(=O)[C@H](N[C@H](C)c1ccccc1)c1ccccc1. The van der Waals surface area contributed by atoms with Gasteiger partial charge in [0.25, 0.3) is 0 Å². The highest BCUT2D eigenvalue weighted by Crippen LogP contribution is 2.20. The fourth-order valence-electron chi connectivity index (χ4n) is 2.15. The van der Waals surface area contributed by atoms with Gasteiger partial charge in [-0.15, -0.1) is 0 Å². The summed E-state index contributed by atoms with van der Waals surface area (Å²) in [5, 5.41) is 3.33. The lowest BCUT2D eigenvalue weighted by molar-refractivity contribution is -0.143. The third kappa shape index (κ3) is 3.45. The highest BCUT2D eigenvalue weighted by atomic mass is 16.5.